The highest BCUT2D eigenvalue weighted by Crippen LogP contribution is 1.76. The molecule has 0 aromatic heterocycles. The van der Waals surface area contributed by atoms with Crippen LogP contribution < -0.4 is 0 Å². The molecule has 0 aromatic rings. The Bertz CT molecular complexity index is 66.2. The van der Waals surface area contributed by atoms with E-state index in [1.807, 2.05) is 0 Å². The molecule has 0 amide bonds. The van der Waals surface area contributed by atoms with Crippen molar-refractivity contribution >= 4 is 15.9 Å². The van der Waals surface area contributed by atoms with Crippen LogP contribution in [-0.2, 0) is 0 Å². The van der Waals surface area contributed by atoms with Gasteiger partial charge in [0.15, 0.2) is 0 Å². The normalized spacial score (nSPS) is 8.00. The summed E-state index contributed by atoms with van der Waals surface area (Å²) in [4.78, 5) is 1.63. The molecule has 0 aromatic carbocycles. The highest BCUT2D eigenvalue weighted by molar-refractivity contribution is 9.11. The van der Waals surface area contributed by atoms with E-state index in [4.69, 9.17) is 6.42 Å². The molecule has 0 fully saturated rings. The second-order valence-corrected chi connectivity index (χ2v) is 0.988. The van der Waals surface area contributed by atoms with Crippen LogP contribution in [0.2, 0.25) is 0 Å². The molecule has 0 aliphatic carbocycles. The van der Waals surface area contributed by atoms with Crippen molar-refractivity contribution < 1.29 is 0 Å². The molecular formula is C4H3Br. The summed E-state index contributed by atoms with van der Waals surface area (Å²) < 4.78 is 0. The Morgan fingerprint density at radius 2 is 2.40 bits per heavy atom. The first-order chi connectivity index (χ1) is 2.41. The summed E-state index contributed by atoms with van der Waals surface area (Å²) >= 11 is 2.99. The van der Waals surface area contributed by atoms with Gasteiger partial charge in [-0.1, -0.05) is 21.9 Å². The summed E-state index contributed by atoms with van der Waals surface area (Å²) in [6.45, 7) is 0. The maximum atomic E-state index is 4.77. The summed E-state index contributed by atoms with van der Waals surface area (Å²) in [5.41, 5.74) is 0. The molecule has 0 radical (unpaired) electrons. The van der Waals surface area contributed by atoms with E-state index in [1.165, 1.54) is 0 Å². The van der Waals surface area contributed by atoms with Gasteiger partial charge in [0, 0.05) is 0 Å². The third kappa shape index (κ3) is 3.78. The quantitative estimate of drug-likeness (QED) is 0.437. The lowest BCUT2D eigenvalue weighted by atomic mass is 10.7. The topological polar surface area (TPSA) is 0 Å². The van der Waals surface area contributed by atoms with Crippen molar-refractivity contribution in [1.82, 2.24) is 0 Å². The number of terminal acetylenes is 1. The van der Waals surface area contributed by atoms with Crippen molar-refractivity contribution in [3.05, 3.63) is 11.1 Å². The maximum Gasteiger partial charge on any atom is -0.00523 e. The van der Waals surface area contributed by atoms with E-state index in [0.717, 1.165) is 0 Å². The highest BCUT2D eigenvalue weighted by atomic mass is 79.9. The lowest BCUT2D eigenvalue weighted by Gasteiger charge is -1.49. The average molecular weight is 131 g/mol. The van der Waals surface area contributed by atoms with E-state index in [1.54, 1.807) is 11.1 Å². The van der Waals surface area contributed by atoms with Gasteiger partial charge in [0.05, 0.1) is 0 Å². The predicted molar refractivity (Wildman–Crippen MR) is 26.9 cm³/mol. The van der Waals surface area contributed by atoms with Crippen molar-refractivity contribution in [2.75, 3.05) is 0 Å². The molecule has 0 aliphatic rings. The van der Waals surface area contributed by atoms with Crippen LogP contribution in [0.5, 0.6) is 0 Å². The molecule has 0 aliphatic heterocycles. The van der Waals surface area contributed by atoms with Crippen molar-refractivity contribution in [1.29, 1.82) is 0 Å². The fraction of sp³-hybridized carbons (Fsp3) is 0. The fourth-order valence-corrected chi connectivity index (χ4v) is 0.189. The van der Waals surface area contributed by atoms with Gasteiger partial charge in [-0.05, 0) is 11.1 Å². The van der Waals surface area contributed by atoms with Gasteiger partial charge in [0.2, 0.25) is 0 Å². The Morgan fingerprint density at radius 1 is 1.80 bits per heavy atom. The Morgan fingerprint density at radius 3 is 2.40 bits per heavy atom. The number of rotatable bonds is 0. The van der Waals surface area contributed by atoms with Crippen LogP contribution in [-0.4, -0.2) is 0 Å². The van der Waals surface area contributed by atoms with Crippen LogP contribution in [0.3, 0.4) is 0 Å². The largest absolute Gasteiger partial charge is 0.115 e. The molecule has 0 heterocycles. The zero-order valence-corrected chi connectivity index (χ0v) is 4.20. The number of allylic oxidation sites excluding steroid dienone is 1. The lowest BCUT2D eigenvalue weighted by molar-refractivity contribution is 2.31. The molecule has 5 heavy (non-hydrogen) atoms. The summed E-state index contributed by atoms with van der Waals surface area (Å²) in [7, 11) is 0. The molecule has 0 nitrogen and oxygen atoms in total. The molecule has 0 unspecified atom stereocenters. The van der Waals surface area contributed by atoms with E-state index in [2.05, 4.69) is 21.9 Å². The van der Waals surface area contributed by atoms with E-state index < -0.39 is 0 Å². The number of hydrogen-bond donors (Lipinski definition) is 0. The second-order valence-electron chi connectivity index (χ2n) is 0.459. The SMILES string of the molecule is C#CC=CBr. The summed E-state index contributed by atoms with van der Waals surface area (Å²) in [6, 6.07) is 0. The Hall–Kier alpha value is -0.220. The molecular weight excluding hydrogens is 128 g/mol. The monoisotopic (exact) mass is 130 g/mol. The van der Waals surface area contributed by atoms with Gasteiger partial charge in [-0.25, -0.2) is 0 Å². The molecule has 0 atom stereocenters. The van der Waals surface area contributed by atoms with Gasteiger partial charge in [-0.3, -0.25) is 0 Å². The molecule has 0 bridgehead atoms. The third-order valence-corrected chi connectivity index (χ3v) is 0.424. The Balaban J connectivity index is 3.04. The van der Waals surface area contributed by atoms with Gasteiger partial charge in [0.25, 0.3) is 0 Å². The van der Waals surface area contributed by atoms with Crippen molar-refractivity contribution in [2.45, 2.75) is 0 Å². The van der Waals surface area contributed by atoms with Crippen molar-refractivity contribution in [3.63, 3.8) is 0 Å². The Labute approximate surface area is 40.0 Å². The minimum Gasteiger partial charge on any atom is -0.115 e. The molecule has 0 rings (SSSR count). The number of halogens is 1. The van der Waals surface area contributed by atoms with Crippen LogP contribution in [0.15, 0.2) is 11.1 Å². The van der Waals surface area contributed by atoms with Gasteiger partial charge in [0.1, 0.15) is 0 Å². The molecule has 0 saturated heterocycles. The van der Waals surface area contributed by atoms with E-state index >= 15 is 0 Å². The van der Waals surface area contributed by atoms with E-state index in [-0.39, 0.29) is 0 Å². The van der Waals surface area contributed by atoms with Crippen LogP contribution in [0.25, 0.3) is 0 Å². The molecule has 26 valence electrons. The zero-order valence-electron chi connectivity index (χ0n) is 2.61. The highest BCUT2D eigenvalue weighted by Gasteiger charge is 1.43. The summed E-state index contributed by atoms with van der Waals surface area (Å²) in [5, 5.41) is 0. The van der Waals surface area contributed by atoms with Crippen LogP contribution in [0, 0.1) is 12.3 Å². The van der Waals surface area contributed by atoms with Gasteiger partial charge in [-0.15, -0.1) is 6.42 Å². The van der Waals surface area contributed by atoms with Crippen LogP contribution in [0.1, 0.15) is 0 Å². The molecule has 0 spiro atoms. The standard InChI is InChI=1S/C4H3Br/c1-2-3-4-5/h1,3-4H. The second kappa shape index (κ2) is 3.78. The average Bonchev–Trinajstić information content (AvgIpc) is 1.41. The van der Waals surface area contributed by atoms with Crippen molar-refractivity contribution in [3.8, 4) is 12.3 Å². The van der Waals surface area contributed by atoms with E-state index in [9.17, 15) is 0 Å². The van der Waals surface area contributed by atoms with Gasteiger partial charge in [-0.2, -0.15) is 0 Å². The van der Waals surface area contributed by atoms with E-state index in [0.29, 0.717) is 0 Å². The third-order valence-electron chi connectivity index (χ3n) is 0.159. The lowest BCUT2D eigenvalue weighted by Crippen LogP contribution is -1.30. The first-order valence-corrected chi connectivity index (χ1v) is 2.04. The predicted octanol–water partition coefficient (Wildman–Crippen LogP) is 1.53. The Kier molecular flexibility index (Phi) is 3.61. The van der Waals surface area contributed by atoms with Crippen LogP contribution in [0.4, 0.5) is 0 Å². The summed E-state index contributed by atoms with van der Waals surface area (Å²) in [6.07, 6.45) is 6.34. The maximum absolute atomic E-state index is 4.77. The number of hydrogen-bond acceptors (Lipinski definition) is 0. The zero-order chi connectivity index (χ0) is 4.12. The first-order valence-electron chi connectivity index (χ1n) is 1.13. The molecule has 1 heteroatoms. The summed E-state index contributed by atoms with van der Waals surface area (Å²) in [5.74, 6) is 2.29. The van der Waals surface area contributed by atoms with Gasteiger partial charge < -0.3 is 0 Å². The van der Waals surface area contributed by atoms with Crippen LogP contribution >= 0.6 is 15.9 Å². The molecule has 0 saturated carbocycles. The minimum absolute atomic E-state index is 1.57. The fourth-order valence-electron chi connectivity index (χ4n) is 0.0364. The van der Waals surface area contributed by atoms with Crippen molar-refractivity contribution in [2.24, 2.45) is 0 Å². The first kappa shape index (κ1) is 4.78. The van der Waals surface area contributed by atoms with Gasteiger partial charge >= 0.3 is 0 Å². The molecule has 0 N–H and O–H groups in total. The minimum atomic E-state index is 1.57. The smallest absolute Gasteiger partial charge is 0.00523 e.